The number of hydrogen-bond donors (Lipinski definition) is 3. The second-order valence-corrected chi connectivity index (χ2v) is 6.74. The van der Waals surface area contributed by atoms with E-state index in [0.29, 0.717) is 12.4 Å². The monoisotopic (exact) mass is 335 g/mol. The molecule has 0 unspecified atom stereocenters. The first-order valence-corrected chi connectivity index (χ1v) is 8.60. The van der Waals surface area contributed by atoms with E-state index < -0.39 is 0 Å². The van der Waals surface area contributed by atoms with Crippen LogP contribution >= 0.6 is 0 Å². The van der Waals surface area contributed by atoms with Crippen molar-refractivity contribution in [1.29, 1.82) is 0 Å². The van der Waals surface area contributed by atoms with E-state index in [4.69, 9.17) is 0 Å². The third kappa shape index (κ3) is 3.28. The number of aliphatic hydroxyl groups excluding tert-OH is 1. The molecule has 25 heavy (non-hydrogen) atoms. The lowest BCUT2D eigenvalue weighted by atomic mass is 9.96. The van der Waals surface area contributed by atoms with Gasteiger partial charge in [0.05, 0.1) is 6.61 Å². The van der Waals surface area contributed by atoms with Crippen molar-refractivity contribution in [2.75, 3.05) is 18.5 Å². The van der Waals surface area contributed by atoms with E-state index in [1.165, 1.54) is 5.57 Å². The van der Waals surface area contributed by atoms with Gasteiger partial charge in [-0.1, -0.05) is 12.1 Å². The first-order chi connectivity index (χ1) is 12.1. The van der Waals surface area contributed by atoms with Crippen molar-refractivity contribution < 1.29 is 9.90 Å². The number of amides is 1. The number of benzene rings is 1. The van der Waals surface area contributed by atoms with E-state index in [0.717, 1.165) is 40.4 Å². The maximum Gasteiger partial charge on any atom is 0.228 e. The summed E-state index contributed by atoms with van der Waals surface area (Å²) >= 11 is 0. The Morgan fingerprint density at radius 2 is 2.16 bits per heavy atom. The number of aliphatic hydroxyl groups is 1. The van der Waals surface area contributed by atoms with E-state index in [1.807, 2.05) is 18.3 Å². The highest BCUT2D eigenvalue weighted by molar-refractivity contribution is 5.95. The Balaban J connectivity index is 1.62. The highest BCUT2D eigenvalue weighted by Gasteiger charge is 2.29. The van der Waals surface area contributed by atoms with E-state index >= 15 is 0 Å². The number of nitrogens with one attached hydrogen (secondary N) is 2. The molecule has 5 heteroatoms. The van der Waals surface area contributed by atoms with Gasteiger partial charge < -0.3 is 15.7 Å². The van der Waals surface area contributed by atoms with Crippen molar-refractivity contribution in [2.24, 2.45) is 5.92 Å². The van der Waals surface area contributed by atoms with Crippen LogP contribution in [0.2, 0.25) is 0 Å². The Bertz CT molecular complexity index is 910. The molecule has 4 rings (SSSR count). The molecule has 0 saturated heterocycles. The predicted octanol–water partition coefficient (Wildman–Crippen LogP) is 2.84. The molecule has 1 fully saturated rings. The molecule has 3 N–H and O–H groups in total. The summed E-state index contributed by atoms with van der Waals surface area (Å²) in [5.74, 6) is 0.858. The van der Waals surface area contributed by atoms with E-state index in [9.17, 15) is 9.90 Å². The van der Waals surface area contributed by atoms with Crippen molar-refractivity contribution in [3.05, 3.63) is 53.4 Å². The van der Waals surface area contributed by atoms with Crippen LogP contribution in [0.1, 0.15) is 25.3 Å². The van der Waals surface area contributed by atoms with Gasteiger partial charge >= 0.3 is 0 Å². The van der Waals surface area contributed by atoms with Gasteiger partial charge in [-0.2, -0.15) is 0 Å². The fourth-order valence-corrected chi connectivity index (χ4v) is 3.14. The number of carbonyl (C=O) groups excluding carboxylic acids is 1. The lowest BCUT2D eigenvalue weighted by Gasteiger charge is -2.20. The molecule has 0 radical (unpaired) electrons. The van der Waals surface area contributed by atoms with Gasteiger partial charge in [0.15, 0.2) is 0 Å². The van der Waals surface area contributed by atoms with Gasteiger partial charge in [0.1, 0.15) is 5.82 Å². The van der Waals surface area contributed by atoms with E-state index in [2.05, 4.69) is 40.7 Å². The number of rotatable bonds is 4. The fourth-order valence-electron chi connectivity index (χ4n) is 3.14. The van der Waals surface area contributed by atoms with Crippen LogP contribution < -0.4 is 10.6 Å². The van der Waals surface area contributed by atoms with E-state index in [-0.39, 0.29) is 18.4 Å². The van der Waals surface area contributed by atoms with Crippen molar-refractivity contribution in [2.45, 2.75) is 19.8 Å². The number of nitrogens with zero attached hydrogens (tertiary/aromatic N) is 1. The third-order valence-electron chi connectivity index (χ3n) is 4.80. The Morgan fingerprint density at radius 3 is 2.88 bits per heavy atom. The molecule has 1 amide bonds. The maximum absolute atomic E-state index is 11.9. The summed E-state index contributed by atoms with van der Waals surface area (Å²) in [6.07, 6.45) is 5.76. The third-order valence-corrected chi connectivity index (χ3v) is 4.80. The van der Waals surface area contributed by atoms with Crippen LogP contribution in [0.15, 0.2) is 47.8 Å². The molecule has 1 aliphatic carbocycles. The Morgan fingerprint density at radius 1 is 1.32 bits per heavy atom. The van der Waals surface area contributed by atoms with E-state index in [1.54, 1.807) is 0 Å². The Labute approximate surface area is 146 Å². The summed E-state index contributed by atoms with van der Waals surface area (Å²) in [6, 6.07) is 8.19. The number of pyridine rings is 1. The van der Waals surface area contributed by atoms with Gasteiger partial charge in [-0.3, -0.25) is 4.79 Å². The number of fused-ring (bicyclic) bond motifs is 1. The zero-order valence-electron chi connectivity index (χ0n) is 14.2. The van der Waals surface area contributed by atoms with Gasteiger partial charge in [0.2, 0.25) is 5.91 Å². The van der Waals surface area contributed by atoms with Crippen LogP contribution in [0, 0.1) is 5.92 Å². The summed E-state index contributed by atoms with van der Waals surface area (Å²) in [5.41, 5.74) is 4.36. The van der Waals surface area contributed by atoms with Crippen LogP contribution in [-0.2, 0) is 4.79 Å². The quantitative estimate of drug-likeness (QED) is 0.803. The number of anilines is 1. The lowest BCUT2D eigenvalue weighted by molar-refractivity contribution is -0.117. The van der Waals surface area contributed by atoms with Gasteiger partial charge in [-0.05, 0) is 60.1 Å². The standard InChI is InChI=1S/C20H21N3O2/c1-12-6-17(11-24)21-10-18(12)15-5-4-14-8-19(22-9-16(14)7-15)23-20(25)13-2-3-13/h4-9,13,21,24H,2-3,10-11H2,1H3,(H,22,23,25). The zero-order chi connectivity index (χ0) is 17.4. The minimum Gasteiger partial charge on any atom is -0.390 e. The van der Waals surface area contributed by atoms with Crippen LogP contribution in [0.4, 0.5) is 5.82 Å². The second-order valence-electron chi connectivity index (χ2n) is 6.74. The summed E-state index contributed by atoms with van der Waals surface area (Å²) < 4.78 is 0. The molecule has 2 aliphatic rings. The molecule has 0 atom stereocenters. The van der Waals surface area contributed by atoms with Crippen molar-refractivity contribution in [3.63, 3.8) is 0 Å². The first-order valence-electron chi connectivity index (χ1n) is 8.60. The van der Waals surface area contributed by atoms with Gasteiger partial charge in [0, 0.05) is 29.7 Å². The molecule has 128 valence electrons. The van der Waals surface area contributed by atoms with Crippen LogP contribution in [0.25, 0.3) is 16.3 Å². The topological polar surface area (TPSA) is 74.2 Å². The minimum atomic E-state index is 0.0294. The number of dihydropyridines is 1. The molecular weight excluding hydrogens is 314 g/mol. The van der Waals surface area contributed by atoms with Gasteiger partial charge in [-0.25, -0.2) is 4.98 Å². The van der Waals surface area contributed by atoms with Crippen molar-refractivity contribution >= 4 is 28.1 Å². The SMILES string of the molecule is CC1=C(c2ccc3cc(NC(=O)C4CC4)ncc3c2)CNC(CO)=C1. The highest BCUT2D eigenvalue weighted by atomic mass is 16.3. The van der Waals surface area contributed by atoms with Gasteiger partial charge in [0.25, 0.3) is 0 Å². The highest BCUT2D eigenvalue weighted by Crippen LogP contribution is 2.31. The number of hydrogen-bond acceptors (Lipinski definition) is 4. The van der Waals surface area contributed by atoms with Crippen LogP contribution in [0.5, 0.6) is 0 Å². The Kier molecular flexibility index (Phi) is 4.01. The molecule has 2 heterocycles. The van der Waals surface area contributed by atoms with Crippen LogP contribution in [0.3, 0.4) is 0 Å². The maximum atomic E-state index is 11.9. The predicted molar refractivity (Wildman–Crippen MR) is 98.9 cm³/mol. The van der Waals surface area contributed by atoms with Crippen molar-refractivity contribution in [3.8, 4) is 0 Å². The molecule has 0 bridgehead atoms. The first kappa shape index (κ1) is 15.8. The fraction of sp³-hybridized carbons (Fsp3) is 0.300. The number of allylic oxidation sites excluding steroid dienone is 2. The molecule has 1 aromatic heterocycles. The number of carbonyl (C=O) groups is 1. The average Bonchev–Trinajstić information content (AvgIpc) is 3.46. The molecule has 1 saturated carbocycles. The minimum absolute atomic E-state index is 0.0294. The second kappa shape index (κ2) is 6.33. The normalized spacial score (nSPS) is 17.3. The average molecular weight is 335 g/mol. The molecule has 1 aromatic carbocycles. The molecular formula is C20H21N3O2. The molecule has 2 aromatic rings. The summed E-state index contributed by atoms with van der Waals surface area (Å²) in [4.78, 5) is 16.3. The van der Waals surface area contributed by atoms with Crippen LogP contribution in [-0.4, -0.2) is 29.1 Å². The zero-order valence-corrected chi connectivity index (χ0v) is 14.2. The van der Waals surface area contributed by atoms with Crippen molar-refractivity contribution in [1.82, 2.24) is 10.3 Å². The Hall–Kier alpha value is -2.66. The van der Waals surface area contributed by atoms with Gasteiger partial charge in [-0.15, -0.1) is 0 Å². The smallest absolute Gasteiger partial charge is 0.228 e. The summed E-state index contributed by atoms with van der Waals surface area (Å²) in [5, 5.41) is 17.5. The molecule has 0 spiro atoms. The number of aromatic nitrogens is 1. The summed E-state index contributed by atoms with van der Waals surface area (Å²) in [7, 11) is 0. The largest absolute Gasteiger partial charge is 0.390 e. The lowest BCUT2D eigenvalue weighted by Crippen LogP contribution is -2.22. The summed E-state index contributed by atoms with van der Waals surface area (Å²) in [6.45, 7) is 2.79. The molecule has 1 aliphatic heterocycles. The molecule has 5 nitrogen and oxygen atoms in total.